The fourth-order valence-corrected chi connectivity index (χ4v) is 2.38. The van der Waals surface area contributed by atoms with E-state index in [1.165, 1.54) is 0 Å². The van der Waals surface area contributed by atoms with Gasteiger partial charge >= 0.3 is 0 Å². The SMILES string of the molecule is CC(C)CNS(=O)(=O)c1ccc(CN)cc1. The Labute approximate surface area is 96.9 Å². The van der Waals surface area contributed by atoms with Crippen molar-refractivity contribution in [1.82, 2.24) is 4.72 Å². The summed E-state index contributed by atoms with van der Waals surface area (Å²) in [6.45, 7) is 4.78. The van der Waals surface area contributed by atoms with Crippen molar-refractivity contribution in [3.63, 3.8) is 0 Å². The first-order valence-corrected chi connectivity index (χ1v) is 6.72. The summed E-state index contributed by atoms with van der Waals surface area (Å²) in [6, 6.07) is 6.60. The molecular weight excluding hydrogens is 224 g/mol. The third-order valence-corrected chi connectivity index (χ3v) is 3.59. The molecule has 1 aromatic carbocycles. The lowest BCUT2D eigenvalue weighted by Gasteiger charge is -2.09. The fraction of sp³-hybridized carbons (Fsp3) is 0.455. The van der Waals surface area contributed by atoms with E-state index in [0.717, 1.165) is 5.56 Å². The van der Waals surface area contributed by atoms with Crippen LogP contribution in [0.5, 0.6) is 0 Å². The van der Waals surface area contributed by atoms with Gasteiger partial charge in [-0.1, -0.05) is 26.0 Å². The van der Waals surface area contributed by atoms with Crippen LogP contribution in [0.3, 0.4) is 0 Å². The van der Waals surface area contributed by atoms with Gasteiger partial charge in [-0.3, -0.25) is 0 Å². The highest BCUT2D eigenvalue weighted by atomic mass is 32.2. The molecule has 0 spiro atoms. The Kier molecular flexibility index (Phi) is 4.46. The predicted molar refractivity (Wildman–Crippen MR) is 64.4 cm³/mol. The molecule has 0 aliphatic heterocycles. The average molecular weight is 242 g/mol. The minimum absolute atomic E-state index is 0.283. The first kappa shape index (κ1) is 13.2. The molecule has 0 bridgehead atoms. The van der Waals surface area contributed by atoms with Crippen molar-refractivity contribution in [3.05, 3.63) is 29.8 Å². The molecule has 0 atom stereocenters. The number of rotatable bonds is 5. The molecule has 0 aromatic heterocycles. The van der Waals surface area contributed by atoms with Gasteiger partial charge in [0, 0.05) is 13.1 Å². The highest BCUT2D eigenvalue weighted by Gasteiger charge is 2.13. The van der Waals surface area contributed by atoms with Gasteiger partial charge in [0.15, 0.2) is 0 Å². The van der Waals surface area contributed by atoms with Crippen molar-refractivity contribution in [1.29, 1.82) is 0 Å². The van der Waals surface area contributed by atoms with Gasteiger partial charge in [-0.05, 0) is 23.6 Å². The summed E-state index contributed by atoms with van der Waals surface area (Å²) in [5.74, 6) is 0.290. The topological polar surface area (TPSA) is 72.2 Å². The highest BCUT2D eigenvalue weighted by Crippen LogP contribution is 2.10. The Balaban J connectivity index is 2.82. The van der Waals surface area contributed by atoms with Crippen LogP contribution in [0.25, 0.3) is 0 Å². The average Bonchev–Trinajstić information content (AvgIpc) is 2.27. The summed E-state index contributed by atoms with van der Waals surface area (Å²) >= 11 is 0. The second kappa shape index (κ2) is 5.43. The maximum Gasteiger partial charge on any atom is 0.240 e. The molecule has 3 N–H and O–H groups in total. The second-order valence-corrected chi connectivity index (χ2v) is 5.86. The first-order valence-electron chi connectivity index (χ1n) is 5.24. The number of benzene rings is 1. The Hall–Kier alpha value is -0.910. The summed E-state index contributed by atoms with van der Waals surface area (Å²) in [7, 11) is -3.37. The van der Waals surface area contributed by atoms with Crippen molar-refractivity contribution in [2.45, 2.75) is 25.3 Å². The predicted octanol–water partition coefficient (Wildman–Crippen LogP) is 1.08. The third kappa shape index (κ3) is 3.59. The number of hydrogen-bond acceptors (Lipinski definition) is 3. The molecular formula is C11H18N2O2S. The van der Waals surface area contributed by atoms with Crippen molar-refractivity contribution in [2.24, 2.45) is 11.7 Å². The molecule has 0 aliphatic carbocycles. The minimum Gasteiger partial charge on any atom is -0.326 e. The fourth-order valence-electron chi connectivity index (χ4n) is 1.16. The molecule has 0 saturated carbocycles. The zero-order chi connectivity index (χ0) is 12.2. The van der Waals surface area contributed by atoms with Gasteiger partial charge in [0.25, 0.3) is 0 Å². The molecule has 0 radical (unpaired) electrons. The molecule has 0 saturated heterocycles. The number of nitrogens with two attached hydrogens (primary N) is 1. The third-order valence-electron chi connectivity index (χ3n) is 2.15. The van der Waals surface area contributed by atoms with Crippen molar-refractivity contribution in [3.8, 4) is 0 Å². The highest BCUT2D eigenvalue weighted by molar-refractivity contribution is 7.89. The number of sulfonamides is 1. The van der Waals surface area contributed by atoms with Crippen molar-refractivity contribution < 1.29 is 8.42 Å². The summed E-state index contributed by atoms with van der Waals surface area (Å²) < 4.78 is 26.1. The van der Waals surface area contributed by atoms with E-state index in [-0.39, 0.29) is 10.8 Å². The van der Waals surface area contributed by atoms with Crippen LogP contribution in [0.1, 0.15) is 19.4 Å². The summed E-state index contributed by atoms with van der Waals surface area (Å²) in [5.41, 5.74) is 6.36. The van der Waals surface area contributed by atoms with E-state index < -0.39 is 10.0 Å². The summed E-state index contributed by atoms with van der Waals surface area (Å²) in [6.07, 6.45) is 0. The molecule has 1 rings (SSSR count). The van der Waals surface area contributed by atoms with E-state index in [9.17, 15) is 8.42 Å². The van der Waals surface area contributed by atoms with Gasteiger partial charge in [0.1, 0.15) is 0 Å². The van der Waals surface area contributed by atoms with E-state index >= 15 is 0 Å². The van der Waals surface area contributed by atoms with E-state index in [1.54, 1.807) is 24.3 Å². The zero-order valence-electron chi connectivity index (χ0n) is 9.60. The van der Waals surface area contributed by atoms with E-state index in [1.807, 2.05) is 13.8 Å². The smallest absolute Gasteiger partial charge is 0.240 e. The lowest BCUT2D eigenvalue weighted by atomic mass is 10.2. The monoisotopic (exact) mass is 242 g/mol. The van der Waals surface area contributed by atoms with E-state index in [2.05, 4.69) is 4.72 Å². The van der Waals surface area contributed by atoms with Gasteiger partial charge in [-0.15, -0.1) is 0 Å². The van der Waals surface area contributed by atoms with Crippen LogP contribution in [0.4, 0.5) is 0 Å². The molecule has 90 valence electrons. The molecule has 0 heterocycles. The maximum atomic E-state index is 11.8. The number of hydrogen-bond donors (Lipinski definition) is 2. The van der Waals surface area contributed by atoms with Gasteiger partial charge in [0.2, 0.25) is 10.0 Å². The quantitative estimate of drug-likeness (QED) is 0.811. The number of nitrogens with one attached hydrogen (secondary N) is 1. The van der Waals surface area contributed by atoms with Gasteiger partial charge in [-0.2, -0.15) is 0 Å². The van der Waals surface area contributed by atoms with Crippen LogP contribution in [-0.4, -0.2) is 15.0 Å². The second-order valence-electron chi connectivity index (χ2n) is 4.09. The minimum atomic E-state index is -3.37. The Morgan fingerprint density at radius 1 is 1.25 bits per heavy atom. The van der Waals surface area contributed by atoms with Gasteiger partial charge < -0.3 is 5.73 Å². The van der Waals surface area contributed by atoms with E-state index in [4.69, 9.17) is 5.73 Å². The van der Waals surface area contributed by atoms with Gasteiger partial charge in [-0.25, -0.2) is 13.1 Å². The molecule has 0 aliphatic rings. The van der Waals surface area contributed by atoms with Crippen LogP contribution in [0.15, 0.2) is 29.2 Å². The molecule has 0 amide bonds. The Morgan fingerprint density at radius 2 is 1.81 bits per heavy atom. The van der Waals surface area contributed by atoms with Crippen LogP contribution < -0.4 is 10.5 Å². The van der Waals surface area contributed by atoms with Crippen molar-refractivity contribution in [2.75, 3.05) is 6.54 Å². The summed E-state index contributed by atoms with van der Waals surface area (Å²) in [5, 5.41) is 0. The van der Waals surface area contributed by atoms with Gasteiger partial charge in [0.05, 0.1) is 4.90 Å². The lowest BCUT2D eigenvalue weighted by Crippen LogP contribution is -2.27. The Bertz CT molecular complexity index is 424. The van der Waals surface area contributed by atoms with Crippen LogP contribution in [0, 0.1) is 5.92 Å². The maximum absolute atomic E-state index is 11.8. The van der Waals surface area contributed by atoms with Crippen LogP contribution in [-0.2, 0) is 16.6 Å². The molecule has 16 heavy (non-hydrogen) atoms. The largest absolute Gasteiger partial charge is 0.326 e. The van der Waals surface area contributed by atoms with Crippen molar-refractivity contribution >= 4 is 10.0 Å². The lowest BCUT2D eigenvalue weighted by molar-refractivity contribution is 0.560. The normalized spacial score (nSPS) is 12.0. The molecule has 1 aromatic rings. The van der Waals surface area contributed by atoms with Crippen LogP contribution in [0.2, 0.25) is 0 Å². The standard InChI is InChI=1S/C11H18N2O2S/c1-9(2)8-13-16(14,15)11-5-3-10(7-12)4-6-11/h3-6,9,13H,7-8,12H2,1-2H3. The van der Waals surface area contributed by atoms with E-state index in [0.29, 0.717) is 13.1 Å². The summed E-state index contributed by atoms with van der Waals surface area (Å²) in [4.78, 5) is 0.283. The molecule has 0 unspecified atom stereocenters. The zero-order valence-corrected chi connectivity index (χ0v) is 10.4. The first-order chi connectivity index (χ1) is 7.45. The Morgan fingerprint density at radius 3 is 2.25 bits per heavy atom. The molecule has 5 heteroatoms. The van der Waals surface area contributed by atoms with Crippen LogP contribution >= 0.6 is 0 Å². The molecule has 0 fully saturated rings. The molecule has 4 nitrogen and oxygen atoms in total.